The van der Waals surface area contributed by atoms with E-state index in [1.54, 1.807) is 12.2 Å². The smallest absolute Gasteiger partial charge is 0.462 e. The number of ketones is 1. The van der Waals surface area contributed by atoms with Crippen LogP contribution >= 0.6 is 15.6 Å². The summed E-state index contributed by atoms with van der Waals surface area (Å²) in [6.07, 6.45) is 29.8. The van der Waals surface area contributed by atoms with Crippen LogP contribution in [0.15, 0.2) is 60.8 Å². The van der Waals surface area contributed by atoms with Gasteiger partial charge in [0, 0.05) is 43.9 Å². The van der Waals surface area contributed by atoms with Crippen molar-refractivity contribution < 1.29 is 81.7 Å². The summed E-state index contributed by atoms with van der Waals surface area (Å²) in [6, 6.07) is 0. The minimum atomic E-state index is -4.92. The largest absolute Gasteiger partial charge is 0.472 e. The topological polar surface area (TPSA) is 273 Å². The maximum atomic E-state index is 12.9. The average Bonchev–Trinajstić information content (AvgIpc) is 3.54. The molecule has 1 aliphatic carbocycles. The summed E-state index contributed by atoms with van der Waals surface area (Å²) in [5.41, 5.74) is 0. The van der Waals surface area contributed by atoms with Crippen molar-refractivity contribution in [2.24, 2.45) is 11.8 Å². The molecule has 19 heteroatoms. The molecule has 0 amide bonds. The number of Topliss-reactive ketones (excluding diaryl/α,β-unsaturated/α-hetero) is 1. The highest BCUT2D eigenvalue weighted by Crippen LogP contribution is 2.44. The Morgan fingerprint density at radius 1 is 0.627 bits per heavy atom. The van der Waals surface area contributed by atoms with Gasteiger partial charge in [-0.15, -0.1) is 0 Å². The molecular formula is C48H82O17P2. The van der Waals surface area contributed by atoms with Crippen LogP contribution in [0.3, 0.4) is 0 Å². The molecule has 1 unspecified atom stereocenters. The Labute approximate surface area is 398 Å². The molecule has 0 bridgehead atoms. The van der Waals surface area contributed by atoms with Gasteiger partial charge in [0.1, 0.15) is 18.5 Å². The minimum absolute atomic E-state index is 0.0149. The Morgan fingerprint density at radius 3 is 1.79 bits per heavy atom. The molecule has 1 aliphatic rings. The van der Waals surface area contributed by atoms with Gasteiger partial charge in [0.05, 0.1) is 38.1 Å². The van der Waals surface area contributed by atoms with E-state index in [2.05, 4.69) is 71.5 Å². The number of esters is 2. The molecule has 0 aromatic rings. The van der Waals surface area contributed by atoms with Crippen molar-refractivity contribution in [3.05, 3.63) is 60.8 Å². The maximum Gasteiger partial charge on any atom is 0.472 e. The Kier molecular flexibility index (Phi) is 35.5. The van der Waals surface area contributed by atoms with Gasteiger partial charge in [-0.1, -0.05) is 113 Å². The fourth-order valence-corrected chi connectivity index (χ4v) is 8.25. The Hall–Kier alpha value is -2.63. The van der Waals surface area contributed by atoms with Crippen molar-refractivity contribution in [3.63, 3.8) is 0 Å². The number of unbranched alkanes of at least 4 members (excludes halogenated alkanes) is 9. The number of ether oxygens (including phenoxy) is 2. The predicted octanol–water partition coefficient (Wildman–Crippen LogP) is 8.35. The average molecular weight is 993 g/mol. The first kappa shape index (κ1) is 62.4. The molecule has 0 aliphatic heterocycles. The van der Waals surface area contributed by atoms with E-state index in [-0.39, 0.29) is 44.3 Å². The molecule has 0 saturated heterocycles. The molecule has 0 aromatic carbocycles. The summed E-state index contributed by atoms with van der Waals surface area (Å²) in [5, 5.41) is 41.1. The van der Waals surface area contributed by atoms with Gasteiger partial charge in [-0.3, -0.25) is 28.0 Å². The fraction of sp³-hybridized carbons (Fsp3) is 0.729. The number of hydrogen-bond acceptors (Lipinski definition) is 14. The number of allylic oxidation sites excluding steroid dienone is 8. The summed E-state index contributed by atoms with van der Waals surface area (Å²) < 4.78 is 47.7. The first-order chi connectivity index (χ1) is 32.0. The Bertz CT molecular complexity index is 1590. The third-order valence-electron chi connectivity index (χ3n) is 10.9. The molecule has 8 atom stereocenters. The number of carbonyl (C=O) groups is 3. The molecule has 1 fully saturated rings. The summed E-state index contributed by atoms with van der Waals surface area (Å²) in [5.74, 6) is -2.49. The molecule has 386 valence electrons. The fourth-order valence-electron chi connectivity index (χ4n) is 7.09. The summed E-state index contributed by atoms with van der Waals surface area (Å²) >= 11 is 0. The van der Waals surface area contributed by atoms with Gasteiger partial charge in [-0.05, 0) is 70.6 Å². The highest BCUT2D eigenvalue weighted by Gasteiger charge is 2.41. The second-order valence-electron chi connectivity index (χ2n) is 17.0. The van der Waals surface area contributed by atoms with Gasteiger partial charge in [-0.25, -0.2) is 9.13 Å². The monoisotopic (exact) mass is 993 g/mol. The van der Waals surface area contributed by atoms with Crippen LogP contribution in [0, 0.1) is 11.8 Å². The zero-order chi connectivity index (χ0) is 49.8. The standard InChI is InChI=1S/C48H82O17P2/c1-3-5-7-8-9-10-11-12-13-14-15-16-17-18-19-20-21-22-24-30-48(55)65-42(38-64-67(59,60)63-36-41(51)35-62-66(56,57)58)37-61-47(54)29-26-25-28-40(50)33-44-43(45(52)34-46(44)53)32-31-39(49)27-23-6-4-2/h9-10,12-13,15-16,18-19,31-32,39,41-46,49,51-53H,3-8,11,14,17,20-30,33-38H2,1-2H3,(H,59,60)(H2,56,57,58)/b10-9-,13-12-,16-15-,19-18-,32-31+/t39-,41-,42+,43+,44+,45+,46-/m0/s1. The van der Waals surface area contributed by atoms with E-state index < -0.39 is 96.4 Å². The number of aliphatic hydroxyl groups excluding tert-OH is 4. The van der Waals surface area contributed by atoms with Crippen molar-refractivity contribution >= 4 is 33.4 Å². The van der Waals surface area contributed by atoms with Crippen LogP contribution in [-0.2, 0) is 46.6 Å². The van der Waals surface area contributed by atoms with Crippen LogP contribution in [-0.4, -0.2) is 110 Å². The molecule has 17 nitrogen and oxygen atoms in total. The number of hydrogen-bond donors (Lipinski definition) is 7. The first-order valence-electron chi connectivity index (χ1n) is 24.2. The van der Waals surface area contributed by atoms with Gasteiger partial charge < -0.3 is 44.6 Å². The number of aliphatic hydroxyl groups is 4. The van der Waals surface area contributed by atoms with Gasteiger partial charge in [0.15, 0.2) is 6.10 Å². The SMILES string of the molecule is CCCCC/C=C\C/C=C\C/C=C\C/C=C\CCCCCC(=O)O[C@H](COC(=O)CCCCC(=O)C[C@@H]1[C@@H](/C=C/[C@@H](O)CCCCC)[C@H](O)C[C@@H]1O)COP(=O)(O)OC[C@@H](O)COP(=O)(O)O. The van der Waals surface area contributed by atoms with E-state index in [0.717, 1.165) is 64.2 Å². The van der Waals surface area contributed by atoms with E-state index in [4.69, 9.17) is 23.8 Å². The van der Waals surface area contributed by atoms with Crippen molar-refractivity contribution in [1.29, 1.82) is 0 Å². The summed E-state index contributed by atoms with van der Waals surface area (Å²) in [6.45, 7) is 1.17. The predicted molar refractivity (Wildman–Crippen MR) is 255 cm³/mol. The minimum Gasteiger partial charge on any atom is -0.462 e. The van der Waals surface area contributed by atoms with Crippen LogP contribution in [0.1, 0.15) is 155 Å². The van der Waals surface area contributed by atoms with Crippen LogP contribution in [0.2, 0.25) is 0 Å². The molecule has 0 heterocycles. The van der Waals surface area contributed by atoms with Crippen molar-refractivity contribution in [2.45, 2.75) is 186 Å². The van der Waals surface area contributed by atoms with Crippen molar-refractivity contribution in [2.75, 3.05) is 26.4 Å². The van der Waals surface area contributed by atoms with Gasteiger partial charge in [0.2, 0.25) is 0 Å². The van der Waals surface area contributed by atoms with E-state index in [0.29, 0.717) is 19.3 Å². The Morgan fingerprint density at radius 2 is 1.16 bits per heavy atom. The van der Waals surface area contributed by atoms with Gasteiger partial charge >= 0.3 is 27.6 Å². The van der Waals surface area contributed by atoms with Gasteiger partial charge in [-0.2, -0.15) is 0 Å². The zero-order valence-corrected chi connectivity index (χ0v) is 41.6. The number of phosphoric ester groups is 2. The molecule has 0 radical (unpaired) electrons. The maximum absolute atomic E-state index is 12.9. The second-order valence-corrected chi connectivity index (χ2v) is 19.7. The molecule has 7 N–H and O–H groups in total. The normalized spacial score (nSPS) is 20.4. The molecule has 67 heavy (non-hydrogen) atoms. The molecule has 0 spiro atoms. The highest BCUT2D eigenvalue weighted by atomic mass is 31.2. The summed E-state index contributed by atoms with van der Waals surface area (Å²) in [4.78, 5) is 65.9. The molecular weight excluding hydrogens is 910 g/mol. The van der Waals surface area contributed by atoms with Crippen LogP contribution < -0.4 is 0 Å². The second kappa shape index (κ2) is 38.2. The van der Waals surface area contributed by atoms with Crippen LogP contribution in [0.4, 0.5) is 0 Å². The highest BCUT2D eigenvalue weighted by molar-refractivity contribution is 7.47. The van der Waals surface area contributed by atoms with Gasteiger partial charge in [0.25, 0.3) is 0 Å². The lowest BCUT2D eigenvalue weighted by Crippen LogP contribution is -2.30. The van der Waals surface area contributed by atoms with Crippen LogP contribution in [0.25, 0.3) is 0 Å². The number of rotatable bonds is 41. The lowest BCUT2D eigenvalue weighted by molar-refractivity contribution is -0.161. The summed E-state index contributed by atoms with van der Waals surface area (Å²) in [7, 11) is -9.83. The Balaban J connectivity index is 2.57. The van der Waals surface area contributed by atoms with E-state index in [1.165, 1.54) is 19.3 Å². The quantitative estimate of drug-likeness (QED) is 0.0131. The van der Waals surface area contributed by atoms with Crippen molar-refractivity contribution in [3.8, 4) is 0 Å². The molecule has 0 aromatic heterocycles. The zero-order valence-electron chi connectivity index (χ0n) is 39.8. The third kappa shape index (κ3) is 35.2. The number of phosphoric acid groups is 2. The number of carbonyl (C=O) groups excluding carboxylic acids is 3. The van der Waals surface area contributed by atoms with Crippen LogP contribution in [0.5, 0.6) is 0 Å². The lowest BCUT2D eigenvalue weighted by atomic mass is 9.87. The first-order valence-corrected chi connectivity index (χ1v) is 27.2. The van der Waals surface area contributed by atoms with E-state index >= 15 is 0 Å². The van der Waals surface area contributed by atoms with E-state index in [9.17, 15) is 48.8 Å². The molecule has 1 rings (SSSR count). The third-order valence-corrected chi connectivity index (χ3v) is 12.3. The van der Waals surface area contributed by atoms with Crippen molar-refractivity contribution in [1.82, 2.24) is 0 Å². The lowest BCUT2D eigenvalue weighted by Gasteiger charge is -2.21. The van der Waals surface area contributed by atoms with E-state index in [1.807, 2.05) is 0 Å². The molecule has 1 saturated carbocycles.